The summed E-state index contributed by atoms with van der Waals surface area (Å²) in [5.74, 6) is -1.20. The third kappa shape index (κ3) is 7.08. The molecule has 0 aromatic heterocycles. The van der Waals surface area contributed by atoms with E-state index in [1.165, 1.54) is 36.4 Å². The number of aliphatic hydroxyl groups is 2. The molecular weight excluding hydrogens is 672 g/mol. The highest BCUT2D eigenvalue weighted by Gasteiger charge is 2.39. The Labute approximate surface area is 300 Å². The molecule has 8 rings (SSSR count). The van der Waals surface area contributed by atoms with Gasteiger partial charge in [-0.05, 0) is 158 Å². The minimum Gasteiger partial charge on any atom is -0.391 e. The lowest BCUT2D eigenvalue weighted by atomic mass is 9.86. The zero-order valence-corrected chi connectivity index (χ0v) is 28.7. The first-order chi connectivity index (χ1) is 25.1. The highest BCUT2D eigenvalue weighted by molar-refractivity contribution is 5.73. The minimum atomic E-state index is -0.858. The van der Waals surface area contributed by atoms with Gasteiger partial charge in [-0.25, -0.2) is 17.6 Å². The van der Waals surface area contributed by atoms with Crippen molar-refractivity contribution < 1.29 is 27.8 Å². The Kier molecular flexibility index (Phi) is 10.4. The van der Waals surface area contributed by atoms with Crippen molar-refractivity contribution in [3.63, 3.8) is 0 Å². The number of fused-ring (bicyclic) bond motifs is 4. The van der Waals surface area contributed by atoms with E-state index in [1.54, 1.807) is 36.4 Å². The number of anilines is 4. The molecule has 2 saturated carbocycles. The first kappa shape index (κ1) is 35.8. The first-order valence-electron chi connectivity index (χ1n) is 18.0. The molecule has 4 aromatic rings. The fraction of sp³-hybridized carbons (Fsp3) is 0.400. The molecule has 2 heterocycles. The molecule has 2 aliphatic heterocycles. The topological polar surface area (TPSA) is 122 Å². The van der Waals surface area contributed by atoms with E-state index in [2.05, 4.69) is 14.9 Å². The van der Waals surface area contributed by atoms with Crippen molar-refractivity contribution in [3.05, 3.63) is 129 Å². The van der Waals surface area contributed by atoms with Gasteiger partial charge in [-0.3, -0.25) is 0 Å². The molecule has 272 valence electrons. The van der Waals surface area contributed by atoms with Gasteiger partial charge in [-0.15, -0.1) is 0 Å². The number of aliphatic hydroxyl groups excluding tert-OH is 2. The number of aryl methyl sites for hydroxylation is 4. The summed E-state index contributed by atoms with van der Waals surface area (Å²) in [5.41, 5.74) is 21.7. The molecule has 4 aliphatic rings. The lowest BCUT2D eigenvalue weighted by Gasteiger charge is -2.42. The maximum atomic E-state index is 13.8. The summed E-state index contributed by atoms with van der Waals surface area (Å²) in [4.78, 5) is 6.91. The second-order valence-corrected chi connectivity index (χ2v) is 14.2. The molecule has 0 amide bonds. The predicted octanol–water partition coefficient (Wildman–Crippen LogP) is 8.24. The maximum Gasteiger partial charge on any atom is 0.123 e. The molecule has 2 aliphatic carbocycles. The normalized spacial score (nSPS) is 25.1. The Morgan fingerprint density at radius 2 is 0.942 bits per heavy atom. The molecule has 3 unspecified atom stereocenters. The Bertz CT molecular complexity index is 1880. The Balaban J connectivity index is 0.000000162. The van der Waals surface area contributed by atoms with Crippen molar-refractivity contribution in [1.82, 2.24) is 0 Å². The Hall–Kier alpha value is -4.61. The van der Waals surface area contributed by atoms with Crippen molar-refractivity contribution in [2.45, 2.75) is 101 Å². The quantitative estimate of drug-likeness (QED) is 0.0855. The SMILES string of the molecule is N[C@H]1CCC[C@@H](N2c3ccc(F)cc3CCc3cc(F)ccc32)[C@@H]1O.[N-]=[N+]=NC1CCCC(N2c3ccc(F)cc3CCc3cc(F)ccc32)C1O. The fourth-order valence-electron chi connectivity index (χ4n) is 8.55. The van der Waals surface area contributed by atoms with E-state index in [1.807, 2.05) is 4.90 Å². The highest BCUT2D eigenvalue weighted by Crippen LogP contribution is 2.43. The van der Waals surface area contributed by atoms with Crippen molar-refractivity contribution >= 4 is 22.7 Å². The monoisotopic (exact) mass is 714 g/mol. The van der Waals surface area contributed by atoms with Gasteiger partial charge in [0.15, 0.2) is 0 Å². The molecule has 8 nitrogen and oxygen atoms in total. The number of halogens is 4. The van der Waals surface area contributed by atoms with Gasteiger partial charge < -0.3 is 25.7 Å². The van der Waals surface area contributed by atoms with Gasteiger partial charge in [0.1, 0.15) is 23.3 Å². The fourth-order valence-corrected chi connectivity index (χ4v) is 8.55. The third-order valence-corrected chi connectivity index (χ3v) is 11.1. The number of nitrogens with zero attached hydrogens (tertiary/aromatic N) is 5. The van der Waals surface area contributed by atoms with E-state index in [9.17, 15) is 27.8 Å². The number of nitrogens with two attached hydrogens (primary N) is 1. The molecular formula is C40H42F4N6O2. The summed E-state index contributed by atoms with van der Waals surface area (Å²) in [5, 5.41) is 25.4. The van der Waals surface area contributed by atoms with E-state index in [-0.39, 0.29) is 41.4 Å². The number of azide groups is 1. The zero-order valence-electron chi connectivity index (χ0n) is 28.7. The van der Waals surface area contributed by atoms with E-state index in [0.29, 0.717) is 38.5 Å². The van der Waals surface area contributed by atoms with Crippen molar-refractivity contribution in [3.8, 4) is 0 Å². The maximum absolute atomic E-state index is 13.8. The lowest BCUT2D eigenvalue weighted by molar-refractivity contribution is 0.0877. The van der Waals surface area contributed by atoms with Gasteiger partial charge in [0.25, 0.3) is 0 Å². The van der Waals surface area contributed by atoms with E-state index in [4.69, 9.17) is 11.3 Å². The standard InChI is InChI=1S/C20H20F2N4O.C20H22F2N2O/c21-14-6-8-17-12(10-14)4-5-13-11-15(22)7-9-18(13)26(17)19-3-1-2-16(20(19)27)24-25-23;21-14-6-8-17-12(10-14)4-5-13-11-15(22)7-9-18(13)24(17)19-3-1-2-16(23)20(19)25/h6-11,16,19-20,27H,1-5H2;6-11,16,19-20,25H,1-5,23H2/t;16-,19+,20+/m.0/s1. The molecule has 0 saturated heterocycles. The van der Waals surface area contributed by atoms with Crippen LogP contribution in [0.5, 0.6) is 0 Å². The van der Waals surface area contributed by atoms with Crippen LogP contribution >= 0.6 is 0 Å². The molecule has 0 bridgehead atoms. The zero-order chi connectivity index (χ0) is 36.5. The molecule has 4 aromatic carbocycles. The average Bonchev–Trinajstić information content (AvgIpc) is 3.38. The van der Waals surface area contributed by atoms with Crippen LogP contribution in [0.25, 0.3) is 10.4 Å². The van der Waals surface area contributed by atoms with E-state index < -0.39 is 18.2 Å². The van der Waals surface area contributed by atoms with Crippen LogP contribution in [0.4, 0.5) is 40.3 Å². The third-order valence-electron chi connectivity index (χ3n) is 11.1. The van der Waals surface area contributed by atoms with Gasteiger partial charge in [-0.1, -0.05) is 11.5 Å². The summed E-state index contributed by atoms with van der Waals surface area (Å²) < 4.78 is 55.3. The summed E-state index contributed by atoms with van der Waals surface area (Å²) >= 11 is 0. The molecule has 4 N–H and O–H groups in total. The van der Waals surface area contributed by atoms with E-state index in [0.717, 1.165) is 70.7 Å². The summed E-state index contributed by atoms with van der Waals surface area (Å²) in [6, 6.07) is 17.4. The smallest absolute Gasteiger partial charge is 0.123 e. The van der Waals surface area contributed by atoms with Crippen LogP contribution in [0.2, 0.25) is 0 Å². The van der Waals surface area contributed by atoms with Crippen LogP contribution in [0.15, 0.2) is 77.9 Å². The highest BCUT2D eigenvalue weighted by atomic mass is 19.1. The van der Waals surface area contributed by atoms with Gasteiger partial charge in [0.2, 0.25) is 0 Å². The van der Waals surface area contributed by atoms with Crippen molar-refractivity contribution in [2.24, 2.45) is 10.8 Å². The molecule has 52 heavy (non-hydrogen) atoms. The van der Waals surface area contributed by atoms with Crippen molar-refractivity contribution in [2.75, 3.05) is 9.80 Å². The predicted molar refractivity (Wildman–Crippen MR) is 193 cm³/mol. The Morgan fingerprint density at radius 3 is 1.33 bits per heavy atom. The van der Waals surface area contributed by atoms with Crippen LogP contribution in [0.1, 0.15) is 60.8 Å². The summed E-state index contributed by atoms with van der Waals surface area (Å²) in [7, 11) is 0. The van der Waals surface area contributed by atoms with Crippen LogP contribution in [0, 0.1) is 23.3 Å². The van der Waals surface area contributed by atoms with Crippen LogP contribution in [0.3, 0.4) is 0 Å². The van der Waals surface area contributed by atoms with Gasteiger partial charge >= 0.3 is 0 Å². The molecule has 12 heteroatoms. The Morgan fingerprint density at radius 1 is 0.577 bits per heavy atom. The number of benzene rings is 4. The number of rotatable bonds is 3. The second kappa shape index (κ2) is 15.2. The van der Waals surface area contributed by atoms with Crippen LogP contribution in [-0.2, 0) is 25.7 Å². The first-order valence-corrected chi connectivity index (χ1v) is 18.0. The molecule has 0 radical (unpaired) electrons. The summed E-state index contributed by atoms with van der Waals surface area (Å²) in [6.45, 7) is 0. The van der Waals surface area contributed by atoms with Crippen molar-refractivity contribution in [1.29, 1.82) is 0 Å². The molecule has 6 atom stereocenters. The average molecular weight is 715 g/mol. The summed E-state index contributed by atoms with van der Waals surface area (Å²) in [6.07, 6.45) is 5.54. The van der Waals surface area contributed by atoms with Gasteiger partial charge in [0, 0.05) is 33.7 Å². The molecule has 2 fully saturated rings. The van der Waals surface area contributed by atoms with Gasteiger partial charge in [0.05, 0.1) is 30.3 Å². The second-order valence-electron chi connectivity index (χ2n) is 14.2. The van der Waals surface area contributed by atoms with E-state index >= 15 is 0 Å². The van der Waals surface area contributed by atoms with Crippen LogP contribution in [-0.4, -0.2) is 46.6 Å². The largest absolute Gasteiger partial charge is 0.391 e. The van der Waals surface area contributed by atoms with Crippen LogP contribution < -0.4 is 15.5 Å². The number of hydrogen-bond donors (Lipinski definition) is 3. The minimum absolute atomic E-state index is 0.199. The lowest BCUT2D eigenvalue weighted by Crippen LogP contribution is -2.53. The molecule has 0 spiro atoms. The van der Waals surface area contributed by atoms with Gasteiger partial charge in [-0.2, -0.15) is 0 Å². The number of hydrogen-bond acceptors (Lipinski definition) is 6.